The van der Waals surface area contributed by atoms with Crippen molar-refractivity contribution in [1.29, 1.82) is 0 Å². The number of nitrogens with two attached hydrogens (primary N) is 1. The number of imidazole rings is 1. The standard InChI is InChI=1S/C9H10ClN3/c10-9-8-7(3-4-11)2-1-5-13(8)6-12-9/h1-2,5-6H,3-4,11H2. The molecule has 13 heavy (non-hydrogen) atoms. The van der Waals surface area contributed by atoms with E-state index in [4.69, 9.17) is 17.3 Å². The largest absolute Gasteiger partial charge is 0.330 e. The molecule has 2 heterocycles. The molecular weight excluding hydrogens is 186 g/mol. The Morgan fingerprint density at radius 2 is 2.38 bits per heavy atom. The van der Waals surface area contributed by atoms with Crippen LogP contribution in [0.15, 0.2) is 24.7 Å². The molecule has 0 spiro atoms. The third-order valence-corrected chi connectivity index (χ3v) is 2.29. The maximum Gasteiger partial charge on any atom is 0.155 e. The third-order valence-electron chi connectivity index (χ3n) is 2.01. The van der Waals surface area contributed by atoms with E-state index in [-0.39, 0.29) is 0 Å². The van der Waals surface area contributed by atoms with Gasteiger partial charge in [0.25, 0.3) is 0 Å². The zero-order valence-electron chi connectivity index (χ0n) is 7.07. The predicted molar refractivity (Wildman–Crippen MR) is 53.0 cm³/mol. The molecule has 0 amide bonds. The van der Waals surface area contributed by atoms with Crippen LogP contribution in [0.4, 0.5) is 0 Å². The summed E-state index contributed by atoms with van der Waals surface area (Å²) in [5, 5.41) is 0.545. The second-order valence-corrected chi connectivity index (χ2v) is 3.22. The highest BCUT2D eigenvalue weighted by molar-refractivity contribution is 6.32. The van der Waals surface area contributed by atoms with E-state index in [1.54, 1.807) is 6.33 Å². The molecule has 0 saturated carbocycles. The molecule has 2 aromatic rings. The molecule has 2 N–H and O–H groups in total. The van der Waals surface area contributed by atoms with E-state index in [0.29, 0.717) is 11.7 Å². The SMILES string of the molecule is NCCc1cccn2cnc(Cl)c12. The van der Waals surface area contributed by atoms with E-state index >= 15 is 0 Å². The zero-order valence-corrected chi connectivity index (χ0v) is 7.83. The minimum atomic E-state index is 0.545. The van der Waals surface area contributed by atoms with Gasteiger partial charge in [-0.1, -0.05) is 17.7 Å². The number of nitrogens with zero attached hydrogens (tertiary/aromatic N) is 2. The van der Waals surface area contributed by atoms with Gasteiger partial charge in [0.1, 0.15) is 6.33 Å². The topological polar surface area (TPSA) is 43.3 Å². The number of rotatable bonds is 2. The lowest BCUT2D eigenvalue weighted by Crippen LogP contribution is -2.03. The first-order valence-electron chi connectivity index (χ1n) is 4.13. The van der Waals surface area contributed by atoms with Crippen molar-refractivity contribution in [2.24, 2.45) is 5.73 Å². The van der Waals surface area contributed by atoms with Gasteiger partial charge >= 0.3 is 0 Å². The van der Waals surface area contributed by atoms with Crippen LogP contribution in [0, 0.1) is 0 Å². The monoisotopic (exact) mass is 195 g/mol. The number of fused-ring (bicyclic) bond motifs is 1. The number of hydrogen-bond acceptors (Lipinski definition) is 2. The van der Waals surface area contributed by atoms with Crippen molar-refractivity contribution >= 4 is 17.1 Å². The Morgan fingerprint density at radius 3 is 3.15 bits per heavy atom. The van der Waals surface area contributed by atoms with Crippen molar-refractivity contribution in [3.63, 3.8) is 0 Å². The van der Waals surface area contributed by atoms with Crippen molar-refractivity contribution in [3.05, 3.63) is 35.4 Å². The van der Waals surface area contributed by atoms with Crippen LogP contribution >= 0.6 is 11.6 Å². The van der Waals surface area contributed by atoms with Gasteiger partial charge in [-0.3, -0.25) is 0 Å². The fraction of sp³-hybridized carbons (Fsp3) is 0.222. The molecule has 0 atom stereocenters. The lowest BCUT2D eigenvalue weighted by Gasteiger charge is -2.01. The lowest BCUT2D eigenvalue weighted by molar-refractivity contribution is 0.965. The van der Waals surface area contributed by atoms with Crippen LogP contribution in [0.25, 0.3) is 5.52 Å². The number of hydrogen-bond donors (Lipinski definition) is 1. The van der Waals surface area contributed by atoms with Gasteiger partial charge in [-0.05, 0) is 24.6 Å². The summed E-state index contributed by atoms with van der Waals surface area (Å²) >= 11 is 5.94. The van der Waals surface area contributed by atoms with Gasteiger partial charge in [-0.15, -0.1) is 0 Å². The van der Waals surface area contributed by atoms with E-state index in [0.717, 1.165) is 17.5 Å². The van der Waals surface area contributed by atoms with Gasteiger partial charge in [-0.2, -0.15) is 0 Å². The van der Waals surface area contributed by atoms with Crippen LogP contribution < -0.4 is 5.73 Å². The molecule has 0 unspecified atom stereocenters. The Balaban J connectivity index is 2.65. The summed E-state index contributed by atoms with van der Waals surface area (Å²) in [6, 6.07) is 3.99. The zero-order chi connectivity index (χ0) is 9.26. The molecular formula is C9H10ClN3. The van der Waals surface area contributed by atoms with Gasteiger partial charge in [0.2, 0.25) is 0 Å². The van der Waals surface area contributed by atoms with Crippen LogP contribution in [0.1, 0.15) is 5.56 Å². The summed E-state index contributed by atoms with van der Waals surface area (Å²) in [5.74, 6) is 0. The van der Waals surface area contributed by atoms with Crippen molar-refractivity contribution in [1.82, 2.24) is 9.38 Å². The summed E-state index contributed by atoms with van der Waals surface area (Å²) < 4.78 is 1.91. The average molecular weight is 196 g/mol. The minimum absolute atomic E-state index is 0.545. The van der Waals surface area contributed by atoms with Gasteiger partial charge in [0.05, 0.1) is 5.52 Å². The van der Waals surface area contributed by atoms with Crippen molar-refractivity contribution in [3.8, 4) is 0 Å². The van der Waals surface area contributed by atoms with E-state index in [9.17, 15) is 0 Å². The first-order chi connectivity index (χ1) is 6.33. The van der Waals surface area contributed by atoms with Crippen molar-refractivity contribution < 1.29 is 0 Å². The maximum absolute atomic E-state index is 5.94. The Hall–Kier alpha value is -1.06. The summed E-state index contributed by atoms with van der Waals surface area (Å²) in [5.41, 5.74) is 7.61. The van der Waals surface area contributed by atoms with Gasteiger partial charge < -0.3 is 10.1 Å². The molecule has 0 aliphatic heterocycles. The Bertz CT molecular complexity index is 422. The number of pyridine rings is 1. The van der Waals surface area contributed by atoms with Crippen molar-refractivity contribution in [2.45, 2.75) is 6.42 Å². The molecule has 0 aliphatic rings. The highest BCUT2D eigenvalue weighted by Gasteiger charge is 2.05. The summed E-state index contributed by atoms with van der Waals surface area (Å²) in [6.07, 6.45) is 4.46. The molecule has 0 aliphatic carbocycles. The number of aromatic nitrogens is 2. The van der Waals surface area contributed by atoms with E-state index < -0.39 is 0 Å². The fourth-order valence-corrected chi connectivity index (χ4v) is 1.70. The average Bonchev–Trinajstić information content (AvgIpc) is 2.50. The molecule has 4 heteroatoms. The van der Waals surface area contributed by atoms with Crippen molar-refractivity contribution in [2.75, 3.05) is 6.54 Å². The van der Waals surface area contributed by atoms with Crippen LogP contribution in [-0.4, -0.2) is 15.9 Å². The Morgan fingerprint density at radius 1 is 1.54 bits per heavy atom. The third kappa shape index (κ3) is 1.41. The lowest BCUT2D eigenvalue weighted by atomic mass is 10.2. The van der Waals surface area contributed by atoms with Crippen LogP contribution in [-0.2, 0) is 6.42 Å². The first-order valence-corrected chi connectivity index (χ1v) is 4.51. The normalized spacial score (nSPS) is 10.9. The summed E-state index contributed by atoms with van der Waals surface area (Å²) in [4.78, 5) is 4.03. The molecule has 3 nitrogen and oxygen atoms in total. The Labute approximate surface area is 81.1 Å². The molecule has 0 saturated heterocycles. The molecule has 0 fully saturated rings. The molecule has 0 aromatic carbocycles. The smallest absolute Gasteiger partial charge is 0.155 e. The highest BCUT2D eigenvalue weighted by Crippen LogP contribution is 2.19. The second kappa shape index (κ2) is 3.36. The van der Waals surface area contributed by atoms with E-state index in [1.165, 1.54) is 0 Å². The fourth-order valence-electron chi connectivity index (χ4n) is 1.44. The van der Waals surface area contributed by atoms with Crippen LogP contribution in [0.5, 0.6) is 0 Å². The molecule has 0 bridgehead atoms. The van der Waals surface area contributed by atoms with Gasteiger partial charge in [0.15, 0.2) is 5.15 Å². The van der Waals surface area contributed by atoms with Crippen LogP contribution in [0.3, 0.4) is 0 Å². The van der Waals surface area contributed by atoms with E-state index in [1.807, 2.05) is 22.7 Å². The summed E-state index contributed by atoms with van der Waals surface area (Å²) in [7, 11) is 0. The first kappa shape index (κ1) is 8.53. The quantitative estimate of drug-likeness (QED) is 0.789. The van der Waals surface area contributed by atoms with E-state index in [2.05, 4.69) is 4.98 Å². The van der Waals surface area contributed by atoms with Crippen LogP contribution in [0.2, 0.25) is 5.15 Å². The highest BCUT2D eigenvalue weighted by atomic mass is 35.5. The van der Waals surface area contributed by atoms with Gasteiger partial charge in [-0.25, -0.2) is 4.98 Å². The summed E-state index contributed by atoms with van der Waals surface area (Å²) in [6.45, 7) is 0.626. The Kier molecular flexibility index (Phi) is 2.20. The molecule has 2 rings (SSSR count). The second-order valence-electron chi connectivity index (χ2n) is 2.86. The number of halogens is 1. The van der Waals surface area contributed by atoms with Gasteiger partial charge in [0, 0.05) is 6.20 Å². The molecule has 68 valence electrons. The maximum atomic E-state index is 5.94. The predicted octanol–water partition coefficient (Wildman–Crippen LogP) is 1.49. The minimum Gasteiger partial charge on any atom is -0.330 e. The molecule has 2 aromatic heterocycles. The molecule has 0 radical (unpaired) electrons.